The second-order valence-electron chi connectivity index (χ2n) is 3.92. The minimum atomic E-state index is 0.196. The Labute approximate surface area is 85.1 Å². The molecule has 1 aromatic rings. The molecule has 80 valence electrons. The van der Waals surface area contributed by atoms with Crippen molar-refractivity contribution in [1.82, 2.24) is 15.5 Å². The monoisotopic (exact) mass is 197 g/mol. The maximum Gasteiger partial charge on any atom is 0.243 e. The first-order valence-electron chi connectivity index (χ1n) is 5.17. The zero-order chi connectivity index (χ0) is 10.6. The Morgan fingerprint density at radius 1 is 1.43 bits per heavy atom. The van der Waals surface area contributed by atoms with Gasteiger partial charge in [0.2, 0.25) is 5.89 Å². The summed E-state index contributed by atoms with van der Waals surface area (Å²) >= 11 is 0. The summed E-state index contributed by atoms with van der Waals surface area (Å²) in [7, 11) is 0. The lowest BCUT2D eigenvalue weighted by Gasteiger charge is -2.15. The molecule has 1 rings (SSSR count). The van der Waals surface area contributed by atoms with Gasteiger partial charge < -0.3 is 9.84 Å². The molecule has 1 N–H and O–H groups in total. The second kappa shape index (κ2) is 5.10. The summed E-state index contributed by atoms with van der Waals surface area (Å²) in [6.07, 6.45) is 1.02. The third kappa shape index (κ3) is 3.10. The highest BCUT2D eigenvalue weighted by atomic mass is 16.5. The van der Waals surface area contributed by atoms with Gasteiger partial charge in [0.05, 0.1) is 6.04 Å². The molecular formula is C10H19N3O. The molecular weight excluding hydrogens is 178 g/mol. The first-order chi connectivity index (χ1) is 6.63. The topological polar surface area (TPSA) is 51.0 Å². The van der Waals surface area contributed by atoms with Crippen molar-refractivity contribution in [3.63, 3.8) is 0 Å². The van der Waals surface area contributed by atoms with Crippen LogP contribution in [0.5, 0.6) is 0 Å². The molecule has 0 fully saturated rings. The van der Waals surface area contributed by atoms with E-state index >= 15 is 0 Å². The SMILES string of the molecule is CCNC(CC(C)C)c1nc(C)no1. The van der Waals surface area contributed by atoms with E-state index in [1.807, 2.05) is 6.92 Å². The van der Waals surface area contributed by atoms with Crippen molar-refractivity contribution in [3.8, 4) is 0 Å². The molecule has 1 unspecified atom stereocenters. The Bertz CT molecular complexity index is 270. The Hall–Kier alpha value is -0.900. The molecule has 1 heterocycles. The van der Waals surface area contributed by atoms with E-state index in [1.54, 1.807) is 0 Å². The minimum absolute atomic E-state index is 0.196. The minimum Gasteiger partial charge on any atom is -0.338 e. The molecule has 14 heavy (non-hydrogen) atoms. The van der Waals surface area contributed by atoms with Crippen LogP contribution in [0.15, 0.2) is 4.52 Å². The zero-order valence-corrected chi connectivity index (χ0v) is 9.37. The van der Waals surface area contributed by atoms with E-state index in [1.165, 1.54) is 0 Å². The van der Waals surface area contributed by atoms with Crippen molar-refractivity contribution >= 4 is 0 Å². The maximum absolute atomic E-state index is 5.16. The normalized spacial score (nSPS) is 13.5. The van der Waals surface area contributed by atoms with Gasteiger partial charge in [0.15, 0.2) is 5.82 Å². The van der Waals surface area contributed by atoms with Crippen molar-refractivity contribution in [3.05, 3.63) is 11.7 Å². The predicted octanol–water partition coefficient (Wildman–Crippen LogP) is 2.07. The van der Waals surface area contributed by atoms with E-state index in [0.29, 0.717) is 17.6 Å². The predicted molar refractivity (Wildman–Crippen MR) is 54.9 cm³/mol. The van der Waals surface area contributed by atoms with Crippen LogP contribution in [0.3, 0.4) is 0 Å². The average molecular weight is 197 g/mol. The van der Waals surface area contributed by atoms with Crippen LogP contribution >= 0.6 is 0 Å². The van der Waals surface area contributed by atoms with Crippen LogP contribution < -0.4 is 5.32 Å². The van der Waals surface area contributed by atoms with E-state index in [9.17, 15) is 0 Å². The quantitative estimate of drug-likeness (QED) is 0.785. The third-order valence-corrected chi connectivity index (χ3v) is 2.00. The van der Waals surface area contributed by atoms with Gasteiger partial charge in [-0.15, -0.1) is 0 Å². The van der Waals surface area contributed by atoms with Crippen molar-refractivity contribution in [2.24, 2.45) is 5.92 Å². The lowest BCUT2D eigenvalue weighted by molar-refractivity contribution is 0.306. The van der Waals surface area contributed by atoms with Gasteiger partial charge in [-0.1, -0.05) is 25.9 Å². The molecule has 1 atom stereocenters. The van der Waals surface area contributed by atoms with Gasteiger partial charge in [-0.3, -0.25) is 0 Å². The summed E-state index contributed by atoms with van der Waals surface area (Å²) in [5.41, 5.74) is 0. The van der Waals surface area contributed by atoms with E-state index < -0.39 is 0 Å². The molecule has 0 spiro atoms. The lowest BCUT2D eigenvalue weighted by atomic mass is 10.0. The number of hydrogen-bond acceptors (Lipinski definition) is 4. The van der Waals surface area contributed by atoms with Crippen molar-refractivity contribution < 1.29 is 4.52 Å². The molecule has 0 saturated heterocycles. The van der Waals surface area contributed by atoms with Gasteiger partial charge in [-0.2, -0.15) is 4.98 Å². The van der Waals surface area contributed by atoms with Gasteiger partial charge in [-0.25, -0.2) is 0 Å². The van der Waals surface area contributed by atoms with Gasteiger partial charge in [-0.05, 0) is 25.8 Å². The van der Waals surface area contributed by atoms with E-state index in [0.717, 1.165) is 13.0 Å². The highest BCUT2D eigenvalue weighted by Crippen LogP contribution is 2.19. The molecule has 0 aliphatic carbocycles. The van der Waals surface area contributed by atoms with Gasteiger partial charge in [0.25, 0.3) is 0 Å². The van der Waals surface area contributed by atoms with Crippen molar-refractivity contribution in [2.75, 3.05) is 6.54 Å². The van der Waals surface area contributed by atoms with Crippen molar-refractivity contribution in [2.45, 2.75) is 40.2 Å². The lowest BCUT2D eigenvalue weighted by Crippen LogP contribution is -2.22. The Morgan fingerprint density at radius 3 is 2.57 bits per heavy atom. The molecule has 0 saturated carbocycles. The van der Waals surface area contributed by atoms with Crippen LogP contribution in [0, 0.1) is 12.8 Å². The largest absolute Gasteiger partial charge is 0.338 e. The number of rotatable bonds is 5. The molecule has 4 heteroatoms. The first kappa shape index (κ1) is 11.2. The summed E-state index contributed by atoms with van der Waals surface area (Å²) in [6, 6.07) is 0.196. The number of nitrogens with one attached hydrogen (secondary N) is 1. The smallest absolute Gasteiger partial charge is 0.243 e. The fraction of sp³-hybridized carbons (Fsp3) is 0.800. The van der Waals surface area contributed by atoms with Crippen molar-refractivity contribution in [1.29, 1.82) is 0 Å². The number of hydrogen-bond donors (Lipinski definition) is 1. The standard InChI is InChI=1S/C10H19N3O/c1-5-11-9(6-7(2)3)10-12-8(4)13-14-10/h7,9,11H,5-6H2,1-4H3. The summed E-state index contributed by atoms with van der Waals surface area (Å²) in [4.78, 5) is 4.24. The number of aromatic nitrogens is 2. The molecule has 0 aromatic carbocycles. The summed E-state index contributed by atoms with van der Waals surface area (Å²) in [5, 5.41) is 7.15. The van der Waals surface area contributed by atoms with Crippen LogP contribution in [0.25, 0.3) is 0 Å². The molecule has 0 radical (unpaired) electrons. The van der Waals surface area contributed by atoms with Crippen LogP contribution in [-0.2, 0) is 0 Å². The molecule has 0 aliphatic heterocycles. The van der Waals surface area contributed by atoms with Crippen LogP contribution in [0.2, 0.25) is 0 Å². The van der Waals surface area contributed by atoms with Crippen LogP contribution in [0.4, 0.5) is 0 Å². The van der Waals surface area contributed by atoms with E-state index in [-0.39, 0.29) is 6.04 Å². The van der Waals surface area contributed by atoms with Gasteiger partial charge in [0, 0.05) is 0 Å². The Morgan fingerprint density at radius 2 is 2.14 bits per heavy atom. The van der Waals surface area contributed by atoms with Crippen LogP contribution in [0.1, 0.15) is 44.9 Å². The zero-order valence-electron chi connectivity index (χ0n) is 9.37. The summed E-state index contributed by atoms with van der Waals surface area (Å²) in [5.74, 6) is 2.02. The van der Waals surface area contributed by atoms with Crippen LogP contribution in [-0.4, -0.2) is 16.7 Å². The highest BCUT2D eigenvalue weighted by molar-refractivity contribution is 4.91. The highest BCUT2D eigenvalue weighted by Gasteiger charge is 2.17. The first-order valence-corrected chi connectivity index (χ1v) is 5.17. The second-order valence-corrected chi connectivity index (χ2v) is 3.92. The van der Waals surface area contributed by atoms with E-state index in [4.69, 9.17) is 4.52 Å². The molecule has 0 bridgehead atoms. The molecule has 0 aliphatic rings. The van der Waals surface area contributed by atoms with Gasteiger partial charge >= 0.3 is 0 Å². The average Bonchev–Trinajstić information content (AvgIpc) is 2.50. The van der Waals surface area contributed by atoms with Gasteiger partial charge in [0.1, 0.15) is 0 Å². The Kier molecular flexibility index (Phi) is 4.07. The fourth-order valence-electron chi connectivity index (χ4n) is 1.44. The fourth-order valence-corrected chi connectivity index (χ4v) is 1.44. The molecule has 0 amide bonds. The Balaban J connectivity index is 2.66. The number of nitrogens with zero attached hydrogens (tertiary/aromatic N) is 2. The molecule has 1 aromatic heterocycles. The maximum atomic E-state index is 5.16. The molecule has 4 nitrogen and oxygen atoms in total. The van der Waals surface area contributed by atoms with E-state index in [2.05, 4.69) is 36.2 Å². The summed E-state index contributed by atoms with van der Waals surface area (Å²) in [6.45, 7) is 9.21. The third-order valence-electron chi connectivity index (χ3n) is 2.00. The number of aryl methyl sites for hydroxylation is 1. The summed E-state index contributed by atoms with van der Waals surface area (Å²) < 4.78 is 5.16.